The van der Waals surface area contributed by atoms with E-state index in [-0.39, 0.29) is 0 Å². The molecule has 0 radical (unpaired) electrons. The summed E-state index contributed by atoms with van der Waals surface area (Å²) < 4.78 is 0. The Balaban J connectivity index is 1.53. The van der Waals surface area contributed by atoms with E-state index in [1.54, 1.807) is 0 Å². The van der Waals surface area contributed by atoms with Crippen LogP contribution in [0.15, 0.2) is 140 Å². The third-order valence-corrected chi connectivity index (χ3v) is 7.45. The summed E-state index contributed by atoms with van der Waals surface area (Å²) in [4.78, 5) is 0. The Labute approximate surface area is 221 Å². The zero-order chi connectivity index (χ0) is 25.5. The van der Waals surface area contributed by atoms with Gasteiger partial charge in [0.25, 0.3) is 0 Å². The Bertz CT molecular complexity index is 1980. The first-order valence-electron chi connectivity index (χ1n) is 12.8. The summed E-state index contributed by atoms with van der Waals surface area (Å²) >= 11 is 0. The van der Waals surface area contributed by atoms with E-state index in [0.717, 1.165) is 11.1 Å². The van der Waals surface area contributed by atoms with E-state index in [1.807, 2.05) is 18.2 Å². The van der Waals surface area contributed by atoms with Gasteiger partial charge in [-0.3, -0.25) is 0 Å². The number of hydrogen-bond donors (Lipinski definition) is 0. The molecule has 0 aliphatic rings. The quantitative estimate of drug-likeness (QED) is 0.230. The van der Waals surface area contributed by atoms with E-state index in [4.69, 9.17) is 0 Å². The molecule has 0 spiro atoms. The first-order valence-corrected chi connectivity index (χ1v) is 12.8. The highest BCUT2D eigenvalue weighted by Gasteiger charge is 2.17. The maximum atomic E-state index is 9.41. The van der Waals surface area contributed by atoms with Crippen LogP contribution in [-0.2, 0) is 0 Å². The van der Waals surface area contributed by atoms with Gasteiger partial charge in [-0.15, -0.1) is 0 Å². The third kappa shape index (κ3) is 3.63. The van der Waals surface area contributed by atoms with Gasteiger partial charge in [-0.2, -0.15) is 5.26 Å². The number of benzene rings is 7. The van der Waals surface area contributed by atoms with Crippen LogP contribution in [0, 0.1) is 11.3 Å². The zero-order valence-corrected chi connectivity index (χ0v) is 20.7. The van der Waals surface area contributed by atoms with Crippen LogP contribution in [0.5, 0.6) is 0 Å². The average Bonchev–Trinajstić information content (AvgIpc) is 2.99. The maximum Gasteiger partial charge on any atom is 0.0991 e. The second-order valence-electron chi connectivity index (χ2n) is 9.68. The summed E-state index contributed by atoms with van der Waals surface area (Å²) in [6.45, 7) is 0. The fourth-order valence-electron chi connectivity index (χ4n) is 5.72. The minimum atomic E-state index is 0.670. The predicted octanol–water partition coefficient (Wildman–Crippen LogP) is 10.0. The van der Waals surface area contributed by atoms with E-state index in [0.29, 0.717) is 5.56 Å². The summed E-state index contributed by atoms with van der Waals surface area (Å²) in [6, 6.07) is 51.6. The summed E-state index contributed by atoms with van der Waals surface area (Å²) in [5.41, 5.74) is 7.72. The molecule has 0 saturated heterocycles. The summed E-state index contributed by atoms with van der Waals surface area (Å²) in [5, 5.41) is 16.9. The van der Waals surface area contributed by atoms with Crippen molar-refractivity contribution in [3.05, 3.63) is 145 Å². The van der Waals surface area contributed by atoms with Crippen molar-refractivity contribution in [3.63, 3.8) is 0 Å². The van der Waals surface area contributed by atoms with E-state index in [9.17, 15) is 5.26 Å². The van der Waals surface area contributed by atoms with E-state index in [1.165, 1.54) is 54.6 Å². The fraction of sp³-hybridized carbons (Fsp3) is 0. The maximum absolute atomic E-state index is 9.41. The molecule has 7 aromatic carbocycles. The second kappa shape index (κ2) is 9.04. The lowest BCUT2D eigenvalue weighted by molar-refractivity contribution is 1.48. The number of hydrogen-bond acceptors (Lipinski definition) is 1. The molecule has 7 rings (SSSR count). The molecule has 0 amide bonds. The lowest BCUT2D eigenvalue weighted by atomic mass is 9.85. The van der Waals surface area contributed by atoms with Gasteiger partial charge in [-0.05, 0) is 90.0 Å². The van der Waals surface area contributed by atoms with Gasteiger partial charge in [-0.1, -0.05) is 115 Å². The molecular formula is C37H23N. The van der Waals surface area contributed by atoms with Gasteiger partial charge in [-0.25, -0.2) is 0 Å². The lowest BCUT2D eigenvalue weighted by Gasteiger charge is -2.18. The highest BCUT2D eigenvalue weighted by molar-refractivity contribution is 6.21. The predicted molar refractivity (Wildman–Crippen MR) is 160 cm³/mol. The number of fused-ring (bicyclic) bond motifs is 3. The largest absolute Gasteiger partial charge is 0.192 e. The number of rotatable bonds is 3. The van der Waals surface area contributed by atoms with Crippen LogP contribution < -0.4 is 0 Å². The van der Waals surface area contributed by atoms with E-state index >= 15 is 0 Å². The van der Waals surface area contributed by atoms with Crippen LogP contribution in [0.25, 0.3) is 65.7 Å². The Morgan fingerprint density at radius 2 is 0.868 bits per heavy atom. The van der Waals surface area contributed by atoms with Crippen molar-refractivity contribution in [2.45, 2.75) is 0 Å². The summed E-state index contributed by atoms with van der Waals surface area (Å²) in [7, 11) is 0. The topological polar surface area (TPSA) is 23.8 Å². The molecule has 0 bridgehead atoms. The van der Waals surface area contributed by atoms with Gasteiger partial charge in [0.15, 0.2) is 0 Å². The minimum absolute atomic E-state index is 0.670. The molecule has 0 heterocycles. The SMILES string of the molecule is N#Cc1cccc(-c2cccc(-c3c4ccccc4c(-c4ccc5ccccc5c4)c4ccccc34)c2)c1. The molecule has 0 atom stereocenters. The van der Waals surface area contributed by atoms with Crippen LogP contribution in [0.1, 0.15) is 5.56 Å². The van der Waals surface area contributed by atoms with Gasteiger partial charge >= 0.3 is 0 Å². The molecule has 7 aromatic rings. The summed E-state index contributed by atoms with van der Waals surface area (Å²) in [6.07, 6.45) is 0. The summed E-state index contributed by atoms with van der Waals surface area (Å²) in [5.74, 6) is 0. The average molecular weight is 482 g/mol. The smallest absolute Gasteiger partial charge is 0.0991 e. The molecular weight excluding hydrogens is 458 g/mol. The molecule has 1 heteroatoms. The van der Waals surface area contributed by atoms with Crippen LogP contribution in [0.4, 0.5) is 0 Å². The molecule has 1 nitrogen and oxygen atoms in total. The van der Waals surface area contributed by atoms with Gasteiger partial charge in [0, 0.05) is 0 Å². The minimum Gasteiger partial charge on any atom is -0.192 e. The van der Waals surface area contributed by atoms with Crippen LogP contribution in [-0.4, -0.2) is 0 Å². The van der Waals surface area contributed by atoms with Gasteiger partial charge in [0.1, 0.15) is 0 Å². The van der Waals surface area contributed by atoms with E-state index < -0.39 is 0 Å². The molecule has 0 aliphatic carbocycles. The first-order chi connectivity index (χ1) is 18.8. The highest BCUT2D eigenvalue weighted by Crippen LogP contribution is 2.44. The Morgan fingerprint density at radius 3 is 1.50 bits per heavy atom. The Morgan fingerprint density at radius 1 is 0.368 bits per heavy atom. The molecule has 0 aromatic heterocycles. The Kier molecular flexibility index (Phi) is 5.24. The van der Waals surface area contributed by atoms with E-state index in [2.05, 4.69) is 127 Å². The van der Waals surface area contributed by atoms with Crippen LogP contribution in [0.2, 0.25) is 0 Å². The molecule has 0 saturated carbocycles. The number of nitriles is 1. The van der Waals surface area contributed by atoms with Gasteiger partial charge in [0.2, 0.25) is 0 Å². The first kappa shape index (κ1) is 22.0. The third-order valence-electron chi connectivity index (χ3n) is 7.45. The standard InChI is InChI=1S/C37H23N/c38-24-25-9-7-12-27(21-25)29-13-8-14-30(23-29)36-32-15-3-5-17-34(32)37(35-18-6-4-16-33(35)36)31-20-19-26-10-1-2-11-28(26)22-31/h1-23H. The van der Waals surface area contributed by atoms with Crippen molar-refractivity contribution in [2.24, 2.45) is 0 Å². The zero-order valence-electron chi connectivity index (χ0n) is 20.7. The highest BCUT2D eigenvalue weighted by atomic mass is 14.2. The number of nitrogens with zero attached hydrogens (tertiary/aromatic N) is 1. The van der Waals surface area contributed by atoms with Crippen molar-refractivity contribution in [2.75, 3.05) is 0 Å². The molecule has 176 valence electrons. The second-order valence-corrected chi connectivity index (χ2v) is 9.68. The van der Waals surface area contributed by atoms with Crippen molar-refractivity contribution in [1.82, 2.24) is 0 Å². The van der Waals surface area contributed by atoms with Crippen molar-refractivity contribution >= 4 is 32.3 Å². The molecule has 0 unspecified atom stereocenters. The van der Waals surface area contributed by atoms with Crippen LogP contribution in [0.3, 0.4) is 0 Å². The lowest BCUT2D eigenvalue weighted by Crippen LogP contribution is -1.91. The van der Waals surface area contributed by atoms with Crippen molar-refractivity contribution in [1.29, 1.82) is 5.26 Å². The Hall–Kier alpha value is -5.19. The normalized spacial score (nSPS) is 11.1. The van der Waals surface area contributed by atoms with Gasteiger partial charge in [0.05, 0.1) is 11.6 Å². The molecule has 0 fully saturated rings. The molecule has 0 N–H and O–H groups in total. The molecule has 38 heavy (non-hydrogen) atoms. The monoisotopic (exact) mass is 481 g/mol. The molecule has 0 aliphatic heterocycles. The fourth-order valence-corrected chi connectivity index (χ4v) is 5.72. The van der Waals surface area contributed by atoms with Crippen molar-refractivity contribution in [3.8, 4) is 39.4 Å². The van der Waals surface area contributed by atoms with Crippen LogP contribution >= 0.6 is 0 Å². The van der Waals surface area contributed by atoms with Crippen molar-refractivity contribution < 1.29 is 0 Å². The van der Waals surface area contributed by atoms with Gasteiger partial charge < -0.3 is 0 Å².